The van der Waals surface area contributed by atoms with E-state index in [0.29, 0.717) is 5.92 Å². The normalized spacial score (nSPS) is 24.1. The van der Waals surface area contributed by atoms with Gasteiger partial charge in [-0.1, -0.05) is 12.1 Å². The molecular formula is C21H34N2O2S. The second-order valence-electron chi connectivity index (χ2n) is 8.98. The van der Waals surface area contributed by atoms with E-state index in [9.17, 15) is 8.42 Å². The van der Waals surface area contributed by atoms with E-state index in [2.05, 4.69) is 28.2 Å². The number of rotatable bonds is 5. The van der Waals surface area contributed by atoms with Crippen molar-refractivity contribution in [2.75, 3.05) is 11.9 Å². The van der Waals surface area contributed by atoms with Crippen LogP contribution in [0.4, 0.5) is 5.69 Å². The standard InChI is InChI=1S/C21H34N2O2S/c1-21(2,3)26(24,25)23-18-13-11-16(12-14-18)15-22-20-10-6-8-17-7-4-5-9-19(17)20/h6,8,10,16,18,22-23H,4-5,7,9,11-15H2,1-3H3/t16-,18-. The third-order valence-corrected chi connectivity index (χ3v) is 8.21. The third kappa shape index (κ3) is 4.61. The van der Waals surface area contributed by atoms with Gasteiger partial charge in [-0.25, -0.2) is 13.1 Å². The minimum atomic E-state index is -3.25. The number of aryl methyl sites for hydroxylation is 1. The second-order valence-corrected chi connectivity index (χ2v) is 11.4. The van der Waals surface area contributed by atoms with Crippen LogP contribution in [0.1, 0.15) is 70.4 Å². The molecule has 1 aromatic rings. The van der Waals surface area contributed by atoms with Crippen LogP contribution in [0.15, 0.2) is 18.2 Å². The highest BCUT2D eigenvalue weighted by atomic mass is 32.2. The van der Waals surface area contributed by atoms with Crippen LogP contribution in [0.5, 0.6) is 0 Å². The van der Waals surface area contributed by atoms with E-state index in [0.717, 1.165) is 32.2 Å². The summed E-state index contributed by atoms with van der Waals surface area (Å²) >= 11 is 0. The SMILES string of the molecule is CC(C)(C)S(=O)(=O)N[C@H]1CC[C@H](CNc2cccc3c2CCCC3)CC1. The second kappa shape index (κ2) is 7.89. The molecule has 1 fully saturated rings. The van der Waals surface area contributed by atoms with Gasteiger partial charge in [-0.3, -0.25) is 0 Å². The number of nitrogens with one attached hydrogen (secondary N) is 2. The van der Waals surface area contributed by atoms with Crippen molar-refractivity contribution in [3.63, 3.8) is 0 Å². The molecule has 5 heteroatoms. The van der Waals surface area contributed by atoms with Crippen LogP contribution in [0.3, 0.4) is 0 Å². The molecule has 26 heavy (non-hydrogen) atoms. The number of anilines is 1. The maximum absolute atomic E-state index is 12.3. The van der Waals surface area contributed by atoms with Crippen LogP contribution in [-0.2, 0) is 22.9 Å². The van der Waals surface area contributed by atoms with Gasteiger partial charge >= 0.3 is 0 Å². The minimum Gasteiger partial charge on any atom is -0.385 e. The van der Waals surface area contributed by atoms with Gasteiger partial charge < -0.3 is 5.32 Å². The zero-order chi connectivity index (χ0) is 18.8. The zero-order valence-corrected chi connectivity index (χ0v) is 17.3. The Kier molecular flexibility index (Phi) is 5.97. The van der Waals surface area contributed by atoms with Gasteiger partial charge in [-0.05, 0) is 95.2 Å². The maximum Gasteiger partial charge on any atom is 0.216 e. The summed E-state index contributed by atoms with van der Waals surface area (Å²) in [7, 11) is -3.25. The molecule has 0 atom stereocenters. The molecule has 0 bridgehead atoms. The van der Waals surface area contributed by atoms with Gasteiger partial charge in [0.2, 0.25) is 10.0 Å². The first-order valence-electron chi connectivity index (χ1n) is 10.1. The summed E-state index contributed by atoms with van der Waals surface area (Å²) in [6.45, 7) is 6.26. The molecule has 0 radical (unpaired) electrons. The van der Waals surface area contributed by atoms with E-state index in [1.165, 1.54) is 42.5 Å². The fraction of sp³-hybridized carbons (Fsp3) is 0.714. The first kappa shape index (κ1) is 19.7. The van der Waals surface area contributed by atoms with Gasteiger partial charge in [0.1, 0.15) is 0 Å². The molecule has 2 aliphatic carbocycles. The Morgan fingerprint density at radius 3 is 2.42 bits per heavy atom. The van der Waals surface area contributed by atoms with E-state index in [1.807, 2.05) is 0 Å². The monoisotopic (exact) mass is 378 g/mol. The Hall–Kier alpha value is -1.07. The third-order valence-electron chi connectivity index (χ3n) is 5.95. The summed E-state index contributed by atoms with van der Waals surface area (Å²) in [5.41, 5.74) is 4.35. The molecule has 0 saturated heterocycles. The summed E-state index contributed by atoms with van der Waals surface area (Å²) in [6.07, 6.45) is 9.06. The lowest BCUT2D eigenvalue weighted by Crippen LogP contribution is -2.46. The quantitative estimate of drug-likeness (QED) is 0.805. The molecule has 0 heterocycles. The van der Waals surface area contributed by atoms with Crippen molar-refractivity contribution in [2.24, 2.45) is 5.92 Å². The van der Waals surface area contributed by atoms with Crippen LogP contribution in [0, 0.1) is 5.92 Å². The molecule has 3 rings (SSSR count). The lowest BCUT2D eigenvalue weighted by atomic mass is 9.86. The number of hydrogen-bond acceptors (Lipinski definition) is 3. The molecule has 0 aliphatic heterocycles. The predicted molar refractivity (Wildman–Crippen MR) is 109 cm³/mol. The molecule has 146 valence electrons. The van der Waals surface area contributed by atoms with Crippen molar-refractivity contribution in [1.82, 2.24) is 4.72 Å². The average molecular weight is 379 g/mol. The van der Waals surface area contributed by atoms with Gasteiger partial charge in [0.25, 0.3) is 0 Å². The number of sulfonamides is 1. The fourth-order valence-corrected chi connectivity index (χ4v) is 5.11. The van der Waals surface area contributed by atoms with Crippen LogP contribution in [0.25, 0.3) is 0 Å². The van der Waals surface area contributed by atoms with Crippen molar-refractivity contribution in [3.8, 4) is 0 Å². The lowest BCUT2D eigenvalue weighted by Gasteiger charge is -2.32. The Balaban J connectivity index is 1.49. The molecular weight excluding hydrogens is 344 g/mol. The topological polar surface area (TPSA) is 58.2 Å². The highest BCUT2D eigenvalue weighted by molar-refractivity contribution is 7.90. The van der Waals surface area contributed by atoms with Crippen LogP contribution in [0.2, 0.25) is 0 Å². The molecule has 2 aliphatic rings. The Labute approximate surface area is 159 Å². The predicted octanol–water partition coefficient (Wildman–Crippen LogP) is 4.25. The Bertz CT molecular complexity index is 714. The zero-order valence-electron chi connectivity index (χ0n) is 16.5. The lowest BCUT2D eigenvalue weighted by molar-refractivity contribution is 0.322. The van der Waals surface area contributed by atoms with Gasteiger partial charge in [0, 0.05) is 18.3 Å². The molecule has 2 N–H and O–H groups in total. The summed E-state index contributed by atoms with van der Waals surface area (Å²) in [5.74, 6) is 0.629. The molecule has 0 unspecified atom stereocenters. The van der Waals surface area contributed by atoms with Crippen LogP contribution < -0.4 is 10.0 Å². The maximum atomic E-state index is 12.3. The summed E-state index contributed by atoms with van der Waals surface area (Å²) in [5, 5.41) is 3.69. The smallest absolute Gasteiger partial charge is 0.216 e. The highest BCUT2D eigenvalue weighted by Gasteiger charge is 2.32. The number of fused-ring (bicyclic) bond motifs is 1. The van der Waals surface area contributed by atoms with Crippen molar-refractivity contribution in [1.29, 1.82) is 0 Å². The van der Waals surface area contributed by atoms with Crippen LogP contribution in [-0.4, -0.2) is 25.8 Å². The molecule has 1 aromatic carbocycles. The first-order valence-corrected chi connectivity index (χ1v) is 11.6. The minimum absolute atomic E-state index is 0.0972. The number of benzene rings is 1. The average Bonchev–Trinajstić information content (AvgIpc) is 2.60. The summed E-state index contributed by atoms with van der Waals surface area (Å²) in [6, 6.07) is 6.75. The fourth-order valence-electron chi connectivity index (χ4n) is 4.08. The summed E-state index contributed by atoms with van der Waals surface area (Å²) < 4.78 is 26.8. The van der Waals surface area contributed by atoms with Crippen molar-refractivity contribution >= 4 is 15.7 Å². The molecule has 0 amide bonds. The van der Waals surface area contributed by atoms with Crippen molar-refractivity contribution in [3.05, 3.63) is 29.3 Å². The van der Waals surface area contributed by atoms with E-state index in [1.54, 1.807) is 20.8 Å². The van der Waals surface area contributed by atoms with Crippen LogP contribution >= 0.6 is 0 Å². The summed E-state index contributed by atoms with van der Waals surface area (Å²) in [4.78, 5) is 0. The molecule has 4 nitrogen and oxygen atoms in total. The molecule has 1 saturated carbocycles. The van der Waals surface area contributed by atoms with Crippen molar-refractivity contribution in [2.45, 2.75) is 82.9 Å². The molecule has 0 spiro atoms. The van der Waals surface area contributed by atoms with Gasteiger partial charge in [-0.15, -0.1) is 0 Å². The van der Waals surface area contributed by atoms with E-state index < -0.39 is 14.8 Å². The van der Waals surface area contributed by atoms with Gasteiger partial charge in [0.15, 0.2) is 0 Å². The highest BCUT2D eigenvalue weighted by Crippen LogP contribution is 2.30. The Morgan fingerprint density at radius 1 is 1.04 bits per heavy atom. The molecule has 0 aromatic heterocycles. The largest absolute Gasteiger partial charge is 0.385 e. The van der Waals surface area contributed by atoms with E-state index in [-0.39, 0.29) is 6.04 Å². The van der Waals surface area contributed by atoms with Crippen molar-refractivity contribution < 1.29 is 8.42 Å². The van der Waals surface area contributed by atoms with Gasteiger partial charge in [0.05, 0.1) is 4.75 Å². The van der Waals surface area contributed by atoms with E-state index >= 15 is 0 Å². The number of hydrogen-bond donors (Lipinski definition) is 2. The van der Waals surface area contributed by atoms with Gasteiger partial charge in [-0.2, -0.15) is 0 Å². The first-order chi connectivity index (χ1) is 12.3. The Morgan fingerprint density at radius 2 is 1.73 bits per heavy atom. The van der Waals surface area contributed by atoms with E-state index in [4.69, 9.17) is 0 Å².